The molecule has 0 atom stereocenters. The SMILES string of the molecule is O=Cc1cncc(-c2cccnn2)c1. The van der Waals surface area contributed by atoms with Crippen LogP contribution >= 0.6 is 0 Å². The summed E-state index contributed by atoms with van der Waals surface area (Å²) in [6.07, 6.45) is 5.51. The Balaban J connectivity index is 2.47. The van der Waals surface area contributed by atoms with Crippen LogP contribution < -0.4 is 0 Å². The van der Waals surface area contributed by atoms with Crippen LogP contribution in [-0.4, -0.2) is 21.5 Å². The molecule has 0 amide bonds. The molecule has 0 fully saturated rings. The van der Waals surface area contributed by atoms with Crippen molar-refractivity contribution < 1.29 is 4.79 Å². The monoisotopic (exact) mass is 185 g/mol. The molecule has 0 aliphatic carbocycles. The van der Waals surface area contributed by atoms with Crippen LogP contribution in [0, 0.1) is 0 Å². The van der Waals surface area contributed by atoms with Gasteiger partial charge in [0, 0.05) is 29.7 Å². The molecule has 2 rings (SSSR count). The van der Waals surface area contributed by atoms with Gasteiger partial charge < -0.3 is 0 Å². The summed E-state index contributed by atoms with van der Waals surface area (Å²) in [4.78, 5) is 14.4. The van der Waals surface area contributed by atoms with Gasteiger partial charge >= 0.3 is 0 Å². The quantitative estimate of drug-likeness (QED) is 0.662. The van der Waals surface area contributed by atoms with E-state index in [4.69, 9.17) is 0 Å². The van der Waals surface area contributed by atoms with E-state index in [0.717, 1.165) is 11.8 Å². The number of hydrogen-bond donors (Lipinski definition) is 0. The average molecular weight is 185 g/mol. The molecule has 0 unspecified atom stereocenters. The van der Waals surface area contributed by atoms with Crippen molar-refractivity contribution >= 4 is 6.29 Å². The van der Waals surface area contributed by atoms with Crippen molar-refractivity contribution in [3.63, 3.8) is 0 Å². The molecule has 4 heteroatoms. The standard InChI is InChI=1S/C10H7N3O/c14-7-8-4-9(6-11-5-8)10-2-1-3-12-13-10/h1-7H. The molecular weight excluding hydrogens is 178 g/mol. The molecule has 2 aromatic heterocycles. The van der Waals surface area contributed by atoms with E-state index < -0.39 is 0 Å². The smallest absolute Gasteiger partial charge is 0.151 e. The van der Waals surface area contributed by atoms with E-state index in [1.54, 1.807) is 24.5 Å². The second-order valence-electron chi connectivity index (χ2n) is 2.73. The first-order valence-electron chi connectivity index (χ1n) is 4.08. The summed E-state index contributed by atoms with van der Waals surface area (Å²) in [6, 6.07) is 5.33. The van der Waals surface area contributed by atoms with Crippen LogP contribution in [0.5, 0.6) is 0 Å². The van der Waals surface area contributed by atoms with Gasteiger partial charge in [0.15, 0.2) is 6.29 Å². The van der Waals surface area contributed by atoms with Gasteiger partial charge in [-0.05, 0) is 18.2 Å². The fourth-order valence-electron chi connectivity index (χ4n) is 1.12. The number of nitrogens with zero attached hydrogens (tertiary/aromatic N) is 3. The highest BCUT2D eigenvalue weighted by molar-refractivity contribution is 5.77. The highest BCUT2D eigenvalue weighted by Crippen LogP contribution is 2.14. The predicted octanol–water partition coefficient (Wildman–Crippen LogP) is 1.35. The summed E-state index contributed by atoms with van der Waals surface area (Å²) >= 11 is 0. The summed E-state index contributed by atoms with van der Waals surface area (Å²) in [5.74, 6) is 0. The van der Waals surface area contributed by atoms with E-state index in [9.17, 15) is 4.79 Å². The maximum Gasteiger partial charge on any atom is 0.151 e. The number of rotatable bonds is 2. The number of aromatic nitrogens is 3. The van der Waals surface area contributed by atoms with Crippen molar-refractivity contribution in [1.29, 1.82) is 0 Å². The summed E-state index contributed by atoms with van der Waals surface area (Å²) in [7, 11) is 0. The van der Waals surface area contributed by atoms with Crippen molar-refractivity contribution in [1.82, 2.24) is 15.2 Å². The second-order valence-corrected chi connectivity index (χ2v) is 2.73. The molecule has 2 heterocycles. The lowest BCUT2D eigenvalue weighted by molar-refractivity contribution is 0.112. The van der Waals surface area contributed by atoms with Gasteiger partial charge in [0.05, 0.1) is 5.69 Å². The van der Waals surface area contributed by atoms with Crippen LogP contribution in [0.25, 0.3) is 11.3 Å². The van der Waals surface area contributed by atoms with Gasteiger partial charge in [-0.15, -0.1) is 0 Å². The third-order valence-corrected chi connectivity index (χ3v) is 1.76. The molecule has 0 spiro atoms. The zero-order valence-electron chi connectivity index (χ0n) is 7.29. The van der Waals surface area contributed by atoms with Crippen LogP contribution in [0.2, 0.25) is 0 Å². The molecule has 0 radical (unpaired) electrons. The maximum absolute atomic E-state index is 10.5. The molecule has 68 valence electrons. The minimum absolute atomic E-state index is 0.535. The van der Waals surface area contributed by atoms with Gasteiger partial charge in [0.2, 0.25) is 0 Å². The molecule has 2 aromatic rings. The maximum atomic E-state index is 10.5. The Morgan fingerprint density at radius 2 is 2.21 bits per heavy atom. The Kier molecular flexibility index (Phi) is 2.27. The third kappa shape index (κ3) is 1.64. The van der Waals surface area contributed by atoms with Gasteiger partial charge in [0.25, 0.3) is 0 Å². The van der Waals surface area contributed by atoms with Crippen LogP contribution in [0.3, 0.4) is 0 Å². The van der Waals surface area contributed by atoms with Crippen molar-refractivity contribution in [2.75, 3.05) is 0 Å². The molecule has 0 saturated carbocycles. The van der Waals surface area contributed by atoms with Crippen molar-refractivity contribution in [3.05, 3.63) is 42.4 Å². The number of pyridine rings is 1. The summed E-state index contributed by atoms with van der Waals surface area (Å²) in [6.45, 7) is 0. The summed E-state index contributed by atoms with van der Waals surface area (Å²) < 4.78 is 0. The number of hydrogen-bond acceptors (Lipinski definition) is 4. The Morgan fingerprint density at radius 3 is 2.93 bits per heavy atom. The van der Waals surface area contributed by atoms with Crippen LogP contribution in [0.1, 0.15) is 10.4 Å². The van der Waals surface area contributed by atoms with Gasteiger partial charge in [-0.2, -0.15) is 10.2 Å². The van der Waals surface area contributed by atoms with Crippen LogP contribution in [-0.2, 0) is 0 Å². The molecule has 0 aliphatic heterocycles. The van der Waals surface area contributed by atoms with Gasteiger partial charge in [-0.25, -0.2) is 0 Å². The van der Waals surface area contributed by atoms with E-state index >= 15 is 0 Å². The third-order valence-electron chi connectivity index (χ3n) is 1.76. The molecule has 0 aliphatic rings. The van der Waals surface area contributed by atoms with E-state index in [2.05, 4.69) is 15.2 Å². The zero-order chi connectivity index (χ0) is 9.80. The Labute approximate surface area is 80.6 Å². The van der Waals surface area contributed by atoms with E-state index in [-0.39, 0.29) is 0 Å². The fourth-order valence-corrected chi connectivity index (χ4v) is 1.12. The minimum atomic E-state index is 0.535. The van der Waals surface area contributed by atoms with E-state index in [1.165, 1.54) is 6.20 Å². The number of aldehydes is 1. The first-order chi connectivity index (χ1) is 6.90. The highest BCUT2D eigenvalue weighted by Gasteiger charge is 2.00. The van der Waals surface area contributed by atoms with Gasteiger partial charge in [0.1, 0.15) is 0 Å². The Bertz CT molecular complexity index is 442. The molecule has 0 aromatic carbocycles. The summed E-state index contributed by atoms with van der Waals surface area (Å²) in [5, 5.41) is 7.67. The first kappa shape index (κ1) is 8.50. The lowest BCUT2D eigenvalue weighted by Gasteiger charge is -1.98. The second kappa shape index (κ2) is 3.74. The van der Waals surface area contributed by atoms with E-state index in [0.29, 0.717) is 11.3 Å². The normalized spacial score (nSPS) is 9.71. The molecule has 4 nitrogen and oxygen atoms in total. The minimum Gasteiger partial charge on any atom is -0.298 e. The van der Waals surface area contributed by atoms with Gasteiger partial charge in [-0.1, -0.05) is 0 Å². The molecular formula is C10H7N3O. The lowest BCUT2D eigenvalue weighted by Crippen LogP contribution is -1.89. The number of carbonyl (C=O) groups excluding carboxylic acids is 1. The van der Waals surface area contributed by atoms with Crippen molar-refractivity contribution in [2.45, 2.75) is 0 Å². The van der Waals surface area contributed by atoms with Crippen molar-refractivity contribution in [3.8, 4) is 11.3 Å². The van der Waals surface area contributed by atoms with E-state index in [1.807, 2.05) is 6.07 Å². The zero-order valence-corrected chi connectivity index (χ0v) is 7.29. The van der Waals surface area contributed by atoms with Crippen LogP contribution in [0.15, 0.2) is 36.8 Å². The fraction of sp³-hybridized carbons (Fsp3) is 0. The topological polar surface area (TPSA) is 55.7 Å². The molecule has 0 N–H and O–H groups in total. The highest BCUT2D eigenvalue weighted by atomic mass is 16.1. The molecule has 0 bridgehead atoms. The molecule has 14 heavy (non-hydrogen) atoms. The largest absolute Gasteiger partial charge is 0.298 e. The first-order valence-corrected chi connectivity index (χ1v) is 4.08. The van der Waals surface area contributed by atoms with Crippen LogP contribution in [0.4, 0.5) is 0 Å². The molecule has 0 saturated heterocycles. The Morgan fingerprint density at radius 1 is 1.29 bits per heavy atom. The lowest BCUT2D eigenvalue weighted by atomic mass is 10.1. The van der Waals surface area contributed by atoms with Gasteiger partial charge in [-0.3, -0.25) is 9.78 Å². The predicted molar refractivity (Wildman–Crippen MR) is 50.7 cm³/mol. The Hall–Kier alpha value is -2.10. The summed E-state index contributed by atoms with van der Waals surface area (Å²) in [5.41, 5.74) is 2.04. The van der Waals surface area contributed by atoms with Crippen molar-refractivity contribution in [2.24, 2.45) is 0 Å². The average Bonchev–Trinajstić information content (AvgIpc) is 2.30. The number of carbonyl (C=O) groups is 1.